The van der Waals surface area contributed by atoms with Crippen molar-refractivity contribution in [3.63, 3.8) is 0 Å². The van der Waals surface area contributed by atoms with Gasteiger partial charge in [-0.25, -0.2) is 18.3 Å². The fourth-order valence-electron chi connectivity index (χ4n) is 1.96. The Balaban J connectivity index is 2.37. The van der Waals surface area contributed by atoms with Gasteiger partial charge in [0.15, 0.2) is 11.3 Å². The molecule has 0 aromatic carbocycles. The van der Waals surface area contributed by atoms with Gasteiger partial charge in [-0.2, -0.15) is 5.10 Å². The maximum absolute atomic E-state index is 12.9. The number of aromatic nitrogens is 6. The number of nitrogens with one attached hydrogen (secondary N) is 1. The van der Waals surface area contributed by atoms with Crippen LogP contribution in [-0.2, 0) is 0 Å². The Morgan fingerprint density at radius 3 is 2.67 bits per heavy atom. The number of aromatic amines is 1. The van der Waals surface area contributed by atoms with Crippen LogP contribution in [0.4, 0.5) is 8.78 Å². The summed E-state index contributed by atoms with van der Waals surface area (Å²) < 4.78 is 27.7. The summed E-state index contributed by atoms with van der Waals surface area (Å²) in [5, 5.41) is 7.59. The molecule has 0 fully saturated rings. The third kappa shape index (κ3) is 2.00. The van der Waals surface area contributed by atoms with Crippen molar-refractivity contribution in [2.24, 2.45) is 0 Å². The third-order valence-electron chi connectivity index (χ3n) is 2.87. The number of nitrogens with zero attached hydrogens (tertiary/aromatic N) is 5. The molecule has 0 aliphatic carbocycles. The number of fused-ring (bicyclic) bond motifs is 1. The molecule has 0 spiro atoms. The van der Waals surface area contributed by atoms with Gasteiger partial charge in [-0.1, -0.05) is 0 Å². The van der Waals surface area contributed by atoms with Crippen molar-refractivity contribution < 1.29 is 8.78 Å². The zero-order valence-corrected chi connectivity index (χ0v) is 10.6. The van der Waals surface area contributed by atoms with E-state index in [1.807, 2.05) is 0 Å². The first-order chi connectivity index (χ1) is 9.99. The monoisotopic (exact) mass is 294 g/mol. The molecular formula is C11H8F2N6O2. The Morgan fingerprint density at radius 2 is 2.05 bits per heavy atom. The summed E-state index contributed by atoms with van der Waals surface area (Å²) in [6.07, 6.45) is 0.235. The van der Waals surface area contributed by atoms with E-state index in [-0.39, 0.29) is 17.2 Å². The number of H-pyrrole nitrogens is 1. The summed E-state index contributed by atoms with van der Waals surface area (Å²) in [6.45, 7) is 1.50. The average molecular weight is 294 g/mol. The second kappa shape index (κ2) is 4.58. The maximum atomic E-state index is 12.9. The molecule has 0 atom stereocenters. The van der Waals surface area contributed by atoms with E-state index in [0.717, 1.165) is 21.6 Å². The first-order valence-corrected chi connectivity index (χ1v) is 5.80. The normalized spacial score (nSPS) is 11.4. The molecule has 8 nitrogen and oxygen atoms in total. The average Bonchev–Trinajstić information content (AvgIpc) is 2.85. The first kappa shape index (κ1) is 13.1. The number of aryl methyl sites for hydroxylation is 1. The molecule has 0 saturated heterocycles. The van der Waals surface area contributed by atoms with Crippen LogP contribution >= 0.6 is 0 Å². The molecule has 21 heavy (non-hydrogen) atoms. The van der Waals surface area contributed by atoms with Crippen molar-refractivity contribution in [1.29, 1.82) is 0 Å². The van der Waals surface area contributed by atoms with Crippen molar-refractivity contribution >= 4 is 5.52 Å². The summed E-state index contributed by atoms with van der Waals surface area (Å²) in [5.74, 6) is 0.268. The van der Waals surface area contributed by atoms with E-state index < -0.39 is 23.1 Å². The second-order valence-electron chi connectivity index (χ2n) is 4.20. The van der Waals surface area contributed by atoms with Gasteiger partial charge in [0.25, 0.3) is 17.5 Å². The number of halogens is 2. The molecule has 0 aliphatic rings. The minimum atomic E-state index is -2.85. The second-order valence-corrected chi connectivity index (χ2v) is 4.20. The molecule has 0 amide bonds. The lowest BCUT2D eigenvalue weighted by Crippen LogP contribution is -2.27. The SMILES string of the molecule is Cc1nn2ncc(C(F)F)c2c(=O)n1-c1c[nH]c(=O)cn1. The number of hydrogen-bond acceptors (Lipinski definition) is 5. The number of hydrogen-bond donors (Lipinski definition) is 1. The van der Waals surface area contributed by atoms with Crippen molar-refractivity contribution in [3.05, 3.63) is 50.7 Å². The molecule has 3 aromatic rings. The smallest absolute Gasteiger partial charge is 0.286 e. The lowest BCUT2D eigenvalue weighted by atomic mass is 10.3. The van der Waals surface area contributed by atoms with E-state index in [2.05, 4.69) is 20.2 Å². The summed E-state index contributed by atoms with van der Waals surface area (Å²) in [6, 6.07) is 0. The van der Waals surface area contributed by atoms with Gasteiger partial charge in [-0.05, 0) is 6.92 Å². The molecule has 3 rings (SSSR count). The highest BCUT2D eigenvalue weighted by atomic mass is 19.3. The van der Waals surface area contributed by atoms with Gasteiger partial charge in [0.1, 0.15) is 5.82 Å². The van der Waals surface area contributed by atoms with E-state index in [9.17, 15) is 18.4 Å². The van der Waals surface area contributed by atoms with Gasteiger partial charge in [0, 0.05) is 6.20 Å². The highest BCUT2D eigenvalue weighted by Crippen LogP contribution is 2.21. The Kier molecular flexibility index (Phi) is 2.85. The Morgan fingerprint density at radius 1 is 1.29 bits per heavy atom. The predicted octanol–water partition coefficient (Wildman–Crippen LogP) is 0.210. The Labute approximate surface area is 114 Å². The van der Waals surface area contributed by atoms with Crippen LogP contribution in [0.2, 0.25) is 0 Å². The van der Waals surface area contributed by atoms with E-state index in [1.165, 1.54) is 13.1 Å². The van der Waals surface area contributed by atoms with E-state index in [0.29, 0.717) is 0 Å². The lowest BCUT2D eigenvalue weighted by Gasteiger charge is -2.08. The van der Waals surface area contributed by atoms with Gasteiger partial charge in [0.2, 0.25) is 0 Å². The van der Waals surface area contributed by atoms with Crippen LogP contribution in [0, 0.1) is 6.92 Å². The van der Waals surface area contributed by atoms with Crippen LogP contribution in [0.3, 0.4) is 0 Å². The van der Waals surface area contributed by atoms with Crippen LogP contribution in [0.5, 0.6) is 0 Å². The van der Waals surface area contributed by atoms with Crippen molar-refractivity contribution in [2.75, 3.05) is 0 Å². The molecule has 1 N–H and O–H groups in total. The van der Waals surface area contributed by atoms with Gasteiger partial charge in [-0.15, -0.1) is 9.73 Å². The standard InChI is InChI=1S/C11H8F2N6O2/c1-5-17-19-9(6(2-16-19)10(12)13)11(21)18(5)7-3-15-8(20)4-14-7/h2-4,10H,1H3,(H,15,20). The van der Waals surface area contributed by atoms with Gasteiger partial charge in [-0.3, -0.25) is 9.59 Å². The fraction of sp³-hybridized carbons (Fsp3) is 0.182. The molecule has 0 unspecified atom stereocenters. The minimum Gasteiger partial charge on any atom is -0.324 e. The van der Waals surface area contributed by atoms with E-state index in [1.54, 1.807) is 0 Å². The van der Waals surface area contributed by atoms with E-state index >= 15 is 0 Å². The Hall–Kier alpha value is -2.91. The first-order valence-electron chi connectivity index (χ1n) is 5.80. The Bertz CT molecular complexity index is 922. The third-order valence-corrected chi connectivity index (χ3v) is 2.87. The van der Waals surface area contributed by atoms with E-state index in [4.69, 9.17) is 0 Å². The zero-order valence-electron chi connectivity index (χ0n) is 10.6. The van der Waals surface area contributed by atoms with Gasteiger partial charge < -0.3 is 4.98 Å². The maximum Gasteiger partial charge on any atom is 0.286 e. The highest BCUT2D eigenvalue weighted by molar-refractivity contribution is 5.52. The summed E-state index contributed by atoms with van der Waals surface area (Å²) >= 11 is 0. The predicted molar refractivity (Wildman–Crippen MR) is 66.7 cm³/mol. The molecule has 3 heterocycles. The van der Waals surface area contributed by atoms with Crippen LogP contribution < -0.4 is 11.1 Å². The quantitative estimate of drug-likeness (QED) is 0.728. The van der Waals surface area contributed by atoms with Gasteiger partial charge >= 0.3 is 0 Å². The number of alkyl halides is 2. The minimum absolute atomic E-state index is 0.0773. The summed E-state index contributed by atoms with van der Waals surface area (Å²) in [7, 11) is 0. The van der Waals surface area contributed by atoms with Crippen molar-refractivity contribution in [2.45, 2.75) is 13.3 Å². The highest BCUT2D eigenvalue weighted by Gasteiger charge is 2.21. The van der Waals surface area contributed by atoms with Crippen LogP contribution in [-0.4, -0.2) is 29.4 Å². The van der Waals surface area contributed by atoms with Crippen LogP contribution in [0.25, 0.3) is 11.3 Å². The molecule has 0 bridgehead atoms. The van der Waals surface area contributed by atoms with Crippen LogP contribution in [0.1, 0.15) is 17.8 Å². The summed E-state index contributed by atoms with van der Waals surface area (Å²) in [5.41, 5.74) is -2.03. The molecule has 3 aromatic heterocycles. The topological polar surface area (TPSA) is 97.9 Å². The molecule has 10 heteroatoms. The van der Waals surface area contributed by atoms with Crippen molar-refractivity contribution in [1.82, 2.24) is 29.4 Å². The van der Waals surface area contributed by atoms with Crippen LogP contribution in [0.15, 0.2) is 28.2 Å². The fourth-order valence-corrected chi connectivity index (χ4v) is 1.96. The molecule has 108 valence electrons. The molecule has 0 saturated carbocycles. The van der Waals surface area contributed by atoms with Gasteiger partial charge in [0.05, 0.1) is 18.0 Å². The van der Waals surface area contributed by atoms with Crippen molar-refractivity contribution in [3.8, 4) is 5.82 Å². The zero-order chi connectivity index (χ0) is 15.1. The molecule has 0 aliphatic heterocycles. The lowest BCUT2D eigenvalue weighted by molar-refractivity contribution is 0.153. The molecular weight excluding hydrogens is 286 g/mol. The number of rotatable bonds is 2. The molecule has 0 radical (unpaired) electrons. The summed E-state index contributed by atoms with van der Waals surface area (Å²) in [4.78, 5) is 29.6. The largest absolute Gasteiger partial charge is 0.324 e.